The van der Waals surface area contributed by atoms with Crippen LogP contribution in [0.5, 0.6) is 11.5 Å². The summed E-state index contributed by atoms with van der Waals surface area (Å²) >= 11 is 0. The number of aromatic nitrogens is 3. The highest BCUT2D eigenvalue weighted by Crippen LogP contribution is 2.26. The lowest BCUT2D eigenvalue weighted by atomic mass is 10.2. The zero-order valence-electron chi connectivity index (χ0n) is 16.7. The van der Waals surface area contributed by atoms with Crippen LogP contribution in [-0.4, -0.2) is 28.2 Å². The van der Waals surface area contributed by atoms with Gasteiger partial charge in [0.05, 0.1) is 19.2 Å². The summed E-state index contributed by atoms with van der Waals surface area (Å²) in [5.41, 5.74) is 1.66. The normalized spacial score (nSPS) is 11.4. The lowest BCUT2D eigenvalue weighted by molar-refractivity contribution is -0.274. The Bertz CT molecular complexity index is 1260. The number of halogens is 3. The highest BCUT2D eigenvalue weighted by atomic mass is 19.4. The van der Waals surface area contributed by atoms with Crippen LogP contribution in [0.15, 0.2) is 76.2 Å². The molecule has 2 aromatic heterocycles. The Morgan fingerprint density at radius 2 is 1.59 bits per heavy atom. The highest BCUT2D eigenvalue weighted by molar-refractivity contribution is 5.60. The minimum absolute atomic E-state index is 0.166. The van der Waals surface area contributed by atoms with Crippen molar-refractivity contribution in [2.75, 3.05) is 7.11 Å². The Morgan fingerprint density at radius 3 is 2.25 bits per heavy atom. The van der Waals surface area contributed by atoms with E-state index in [1.54, 1.807) is 31.5 Å². The largest absolute Gasteiger partial charge is 0.573 e. The molecule has 0 fully saturated rings. The predicted octanol–water partition coefficient (Wildman–Crippen LogP) is 4.52. The number of hydrogen-bond acceptors (Lipinski definition) is 6. The molecular weight excluding hydrogens is 427 g/mol. The van der Waals surface area contributed by atoms with Crippen LogP contribution in [0.4, 0.5) is 13.2 Å². The highest BCUT2D eigenvalue weighted by Gasteiger charge is 2.31. The number of pyridine rings is 1. The van der Waals surface area contributed by atoms with Crippen LogP contribution in [0.3, 0.4) is 0 Å². The van der Waals surface area contributed by atoms with Crippen molar-refractivity contribution >= 4 is 0 Å². The number of alkyl halides is 3. The van der Waals surface area contributed by atoms with E-state index in [2.05, 4.69) is 14.9 Å². The molecule has 0 saturated carbocycles. The summed E-state index contributed by atoms with van der Waals surface area (Å²) in [6.45, 7) is 0.332. The quantitative estimate of drug-likeness (QED) is 0.436. The fourth-order valence-electron chi connectivity index (χ4n) is 2.97. The fourth-order valence-corrected chi connectivity index (χ4v) is 2.97. The Labute approximate surface area is 179 Å². The first-order valence-corrected chi connectivity index (χ1v) is 9.34. The lowest BCUT2D eigenvalue weighted by Crippen LogP contribution is -2.19. The first-order chi connectivity index (χ1) is 15.3. The molecule has 0 amide bonds. The second-order valence-electron chi connectivity index (χ2n) is 6.73. The maximum atomic E-state index is 12.3. The first kappa shape index (κ1) is 21.2. The zero-order valence-corrected chi connectivity index (χ0v) is 16.7. The molecule has 0 aliphatic carbocycles. The lowest BCUT2D eigenvalue weighted by Gasteiger charge is -2.08. The van der Waals surface area contributed by atoms with Gasteiger partial charge in [0.15, 0.2) is 0 Å². The maximum Gasteiger partial charge on any atom is 0.573 e. The van der Waals surface area contributed by atoms with Crippen LogP contribution in [0.1, 0.15) is 5.56 Å². The smallest absolute Gasteiger partial charge is 0.497 e. The monoisotopic (exact) mass is 443 g/mol. The molecule has 0 bridgehead atoms. The standard InChI is InChI=1S/C22H16F3N3O4/c1-30-17-7-2-14(3-8-17)12-28-13-16(6-11-19(28)29)21-26-20(27-32-21)15-4-9-18(10-5-15)31-22(23,24)25/h2-11,13H,12H2,1H3. The minimum atomic E-state index is -4.77. The maximum absolute atomic E-state index is 12.3. The van der Waals surface area contributed by atoms with Gasteiger partial charge >= 0.3 is 6.36 Å². The van der Waals surface area contributed by atoms with Gasteiger partial charge in [0, 0.05) is 17.8 Å². The summed E-state index contributed by atoms with van der Waals surface area (Å²) in [4.78, 5) is 16.6. The van der Waals surface area contributed by atoms with Gasteiger partial charge in [0.25, 0.3) is 11.4 Å². The topological polar surface area (TPSA) is 79.4 Å². The molecule has 2 heterocycles. The van der Waals surface area contributed by atoms with Gasteiger partial charge in [0.1, 0.15) is 11.5 Å². The molecule has 32 heavy (non-hydrogen) atoms. The fraction of sp³-hybridized carbons (Fsp3) is 0.136. The van der Waals surface area contributed by atoms with E-state index in [0.717, 1.165) is 17.7 Å². The van der Waals surface area contributed by atoms with Gasteiger partial charge in [-0.05, 0) is 48.0 Å². The van der Waals surface area contributed by atoms with Gasteiger partial charge in [-0.15, -0.1) is 13.2 Å². The van der Waals surface area contributed by atoms with Gasteiger partial charge in [-0.2, -0.15) is 4.98 Å². The van der Waals surface area contributed by atoms with E-state index >= 15 is 0 Å². The third-order valence-corrected chi connectivity index (χ3v) is 4.51. The Hall–Kier alpha value is -4.08. The van der Waals surface area contributed by atoms with Crippen LogP contribution in [0.25, 0.3) is 22.8 Å². The van der Waals surface area contributed by atoms with E-state index in [-0.39, 0.29) is 23.0 Å². The average molecular weight is 443 g/mol. The number of rotatable bonds is 6. The molecule has 10 heteroatoms. The van der Waals surface area contributed by atoms with E-state index in [0.29, 0.717) is 23.4 Å². The Kier molecular flexibility index (Phi) is 5.67. The summed E-state index contributed by atoms with van der Waals surface area (Å²) < 4.78 is 52.7. The number of nitrogens with zero attached hydrogens (tertiary/aromatic N) is 3. The summed E-state index contributed by atoms with van der Waals surface area (Å²) in [5, 5.41) is 3.87. The molecule has 2 aromatic carbocycles. The van der Waals surface area contributed by atoms with Crippen LogP contribution < -0.4 is 15.0 Å². The third-order valence-electron chi connectivity index (χ3n) is 4.51. The molecule has 0 aliphatic heterocycles. The third kappa shape index (κ3) is 4.97. The van der Waals surface area contributed by atoms with Crippen LogP contribution >= 0.6 is 0 Å². The molecule has 7 nitrogen and oxygen atoms in total. The molecule has 0 unspecified atom stereocenters. The SMILES string of the molecule is COc1ccc(Cn2cc(-c3nc(-c4ccc(OC(F)(F)F)cc4)no3)ccc2=O)cc1. The van der Waals surface area contributed by atoms with Crippen molar-refractivity contribution in [1.82, 2.24) is 14.7 Å². The van der Waals surface area contributed by atoms with Gasteiger partial charge in [-0.1, -0.05) is 17.3 Å². The first-order valence-electron chi connectivity index (χ1n) is 9.34. The zero-order chi connectivity index (χ0) is 22.7. The second-order valence-corrected chi connectivity index (χ2v) is 6.73. The molecule has 0 radical (unpaired) electrons. The summed E-state index contributed by atoms with van der Waals surface area (Å²) in [6.07, 6.45) is -3.17. The van der Waals surface area contributed by atoms with E-state index in [1.165, 1.54) is 22.8 Å². The molecule has 0 N–H and O–H groups in total. The van der Waals surface area contributed by atoms with Crippen LogP contribution in [0, 0.1) is 0 Å². The van der Waals surface area contributed by atoms with Gasteiger partial charge in [-0.3, -0.25) is 4.79 Å². The minimum Gasteiger partial charge on any atom is -0.497 e. The van der Waals surface area contributed by atoms with Crippen molar-refractivity contribution in [2.24, 2.45) is 0 Å². The molecular formula is C22H16F3N3O4. The predicted molar refractivity (Wildman–Crippen MR) is 108 cm³/mol. The van der Waals surface area contributed by atoms with E-state index < -0.39 is 6.36 Å². The summed E-state index contributed by atoms with van der Waals surface area (Å²) in [6, 6.07) is 15.4. The number of hydrogen-bond donors (Lipinski definition) is 0. The van der Waals surface area contributed by atoms with Crippen molar-refractivity contribution in [1.29, 1.82) is 0 Å². The summed E-state index contributed by atoms with van der Waals surface area (Å²) in [5.74, 6) is 0.715. The Morgan fingerprint density at radius 1 is 0.938 bits per heavy atom. The Balaban J connectivity index is 1.55. The van der Waals surface area contributed by atoms with Gasteiger partial charge in [0.2, 0.25) is 5.82 Å². The van der Waals surface area contributed by atoms with Crippen molar-refractivity contribution in [3.63, 3.8) is 0 Å². The summed E-state index contributed by atoms with van der Waals surface area (Å²) in [7, 11) is 1.58. The van der Waals surface area contributed by atoms with E-state index in [9.17, 15) is 18.0 Å². The van der Waals surface area contributed by atoms with Crippen molar-refractivity contribution in [3.05, 3.63) is 82.8 Å². The van der Waals surface area contributed by atoms with E-state index in [4.69, 9.17) is 9.26 Å². The molecule has 0 atom stereocenters. The number of methoxy groups -OCH3 is 1. The van der Waals surface area contributed by atoms with Crippen molar-refractivity contribution in [2.45, 2.75) is 12.9 Å². The van der Waals surface area contributed by atoms with Gasteiger partial charge < -0.3 is 18.6 Å². The number of benzene rings is 2. The molecule has 4 rings (SSSR count). The second kappa shape index (κ2) is 8.58. The molecule has 4 aromatic rings. The van der Waals surface area contributed by atoms with Crippen LogP contribution in [-0.2, 0) is 6.54 Å². The van der Waals surface area contributed by atoms with Gasteiger partial charge in [-0.25, -0.2) is 0 Å². The molecule has 0 saturated heterocycles. The van der Waals surface area contributed by atoms with Crippen molar-refractivity contribution in [3.8, 4) is 34.3 Å². The van der Waals surface area contributed by atoms with Crippen molar-refractivity contribution < 1.29 is 27.2 Å². The molecule has 0 aliphatic rings. The molecule has 0 spiro atoms. The van der Waals surface area contributed by atoms with Crippen LogP contribution in [0.2, 0.25) is 0 Å². The average Bonchev–Trinajstić information content (AvgIpc) is 3.25. The van der Waals surface area contributed by atoms with E-state index in [1.807, 2.05) is 12.1 Å². The molecule has 164 valence electrons. The number of ether oxygens (including phenoxy) is 2.